The van der Waals surface area contributed by atoms with Gasteiger partial charge in [-0.05, 0) is 37.1 Å². The summed E-state index contributed by atoms with van der Waals surface area (Å²) in [6.07, 6.45) is -1.02. The molecular weight excluding hydrogens is 234 g/mol. The quantitative estimate of drug-likeness (QED) is 0.859. The van der Waals surface area contributed by atoms with Crippen LogP contribution in [0.1, 0.15) is 28.4 Å². The average molecular weight is 248 g/mol. The topological polar surface area (TPSA) is 20.2 Å². The normalized spacial score (nSPS) is 12.5. The first kappa shape index (κ1) is 12.7. The summed E-state index contributed by atoms with van der Waals surface area (Å²) in [5, 5.41) is 10.2. The van der Waals surface area contributed by atoms with Crippen molar-refractivity contribution in [1.29, 1.82) is 0 Å². The summed E-state index contributed by atoms with van der Waals surface area (Å²) in [5.41, 5.74) is 2.86. The first-order valence-electron chi connectivity index (χ1n) is 5.68. The van der Waals surface area contributed by atoms with Gasteiger partial charge in [0.2, 0.25) is 0 Å². The van der Waals surface area contributed by atoms with E-state index < -0.39 is 17.7 Å². The number of hydrogen-bond donors (Lipinski definition) is 1. The van der Waals surface area contributed by atoms with Crippen LogP contribution in [-0.2, 0) is 0 Å². The third-order valence-corrected chi connectivity index (χ3v) is 2.76. The Bertz CT molecular complexity index is 487. The highest BCUT2D eigenvalue weighted by Crippen LogP contribution is 2.25. The Hall–Kier alpha value is -1.74. The molecule has 0 fully saturated rings. The predicted octanol–water partition coefficient (Wildman–Crippen LogP) is 3.66. The molecule has 0 aromatic heterocycles. The number of halogens is 2. The maximum Gasteiger partial charge on any atom is 0.126 e. The van der Waals surface area contributed by atoms with E-state index in [4.69, 9.17) is 0 Å². The van der Waals surface area contributed by atoms with Crippen LogP contribution in [0.25, 0.3) is 0 Å². The Morgan fingerprint density at radius 3 is 1.72 bits per heavy atom. The fraction of sp³-hybridized carbons (Fsp3) is 0.200. The standard InChI is InChI=1S/C15H14F2O/c1-9-3-10(2)5-11(4-9)15(18)12-6-13(16)8-14(17)7-12/h3-8,15,18H,1-2H3. The molecule has 3 heteroatoms. The molecule has 0 bridgehead atoms. The van der Waals surface area contributed by atoms with E-state index in [1.807, 2.05) is 19.9 Å². The second kappa shape index (κ2) is 4.86. The molecule has 2 aromatic carbocycles. The fourth-order valence-corrected chi connectivity index (χ4v) is 2.09. The lowest BCUT2D eigenvalue weighted by Crippen LogP contribution is -2.02. The summed E-state index contributed by atoms with van der Waals surface area (Å²) >= 11 is 0. The van der Waals surface area contributed by atoms with Crippen LogP contribution in [-0.4, -0.2) is 5.11 Å². The molecule has 0 aliphatic carbocycles. The van der Waals surface area contributed by atoms with Gasteiger partial charge in [0.05, 0.1) is 0 Å². The molecule has 1 N–H and O–H groups in total. The highest BCUT2D eigenvalue weighted by Gasteiger charge is 2.13. The lowest BCUT2D eigenvalue weighted by Gasteiger charge is -2.13. The Labute approximate surface area is 105 Å². The first-order chi connectivity index (χ1) is 8.45. The Morgan fingerprint density at radius 2 is 1.22 bits per heavy atom. The van der Waals surface area contributed by atoms with Crippen molar-refractivity contribution in [3.8, 4) is 0 Å². The monoisotopic (exact) mass is 248 g/mol. The molecule has 0 heterocycles. The summed E-state index contributed by atoms with van der Waals surface area (Å²) in [6, 6.07) is 8.66. The maximum atomic E-state index is 13.1. The second-order valence-corrected chi connectivity index (χ2v) is 4.53. The molecule has 0 amide bonds. The lowest BCUT2D eigenvalue weighted by molar-refractivity contribution is 0.219. The number of hydrogen-bond acceptors (Lipinski definition) is 1. The lowest BCUT2D eigenvalue weighted by atomic mass is 9.98. The van der Waals surface area contributed by atoms with Gasteiger partial charge in [-0.15, -0.1) is 0 Å². The smallest absolute Gasteiger partial charge is 0.126 e. The molecule has 1 atom stereocenters. The Kier molecular flexibility index (Phi) is 3.43. The van der Waals surface area contributed by atoms with Gasteiger partial charge in [0.15, 0.2) is 0 Å². The van der Waals surface area contributed by atoms with Gasteiger partial charge in [0.1, 0.15) is 17.7 Å². The van der Waals surface area contributed by atoms with Crippen molar-refractivity contribution >= 4 is 0 Å². The number of aliphatic hydroxyl groups is 1. The van der Waals surface area contributed by atoms with Crippen molar-refractivity contribution in [2.75, 3.05) is 0 Å². The SMILES string of the molecule is Cc1cc(C)cc(C(O)c2cc(F)cc(F)c2)c1. The van der Waals surface area contributed by atoms with Gasteiger partial charge >= 0.3 is 0 Å². The molecule has 0 aliphatic rings. The number of aryl methyl sites for hydroxylation is 2. The van der Waals surface area contributed by atoms with Gasteiger partial charge < -0.3 is 5.11 Å². The van der Waals surface area contributed by atoms with E-state index in [-0.39, 0.29) is 5.56 Å². The fourth-order valence-electron chi connectivity index (χ4n) is 2.09. The molecule has 2 aromatic rings. The van der Waals surface area contributed by atoms with Crippen LogP contribution < -0.4 is 0 Å². The molecule has 0 aliphatic heterocycles. The van der Waals surface area contributed by atoms with E-state index in [2.05, 4.69) is 0 Å². The first-order valence-corrected chi connectivity index (χ1v) is 5.68. The minimum absolute atomic E-state index is 0.220. The summed E-state index contributed by atoms with van der Waals surface area (Å²) in [7, 11) is 0. The molecule has 0 spiro atoms. The van der Waals surface area contributed by atoms with E-state index in [0.717, 1.165) is 29.3 Å². The van der Waals surface area contributed by atoms with E-state index in [1.54, 1.807) is 12.1 Å². The van der Waals surface area contributed by atoms with E-state index in [0.29, 0.717) is 5.56 Å². The number of rotatable bonds is 2. The molecule has 1 nitrogen and oxygen atoms in total. The van der Waals surface area contributed by atoms with E-state index in [9.17, 15) is 13.9 Å². The third-order valence-electron chi connectivity index (χ3n) is 2.76. The van der Waals surface area contributed by atoms with Gasteiger partial charge in [0.25, 0.3) is 0 Å². The molecule has 0 saturated heterocycles. The Balaban J connectivity index is 2.43. The van der Waals surface area contributed by atoms with Crippen molar-refractivity contribution in [2.24, 2.45) is 0 Å². The van der Waals surface area contributed by atoms with Crippen LogP contribution >= 0.6 is 0 Å². The summed E-state index contributed by atoms with van der Waals surface area (Å²) in [5.74, 6) is -1.37. The van der Waals surface area contributed by atoms with Crippen LogP contribution in [0.2, 0.25) is 0 Å². The average Bonchev–Trinajstić information content (AvgIpc) is 2.25. The number of benzene rings is 2. The molecule has 94 valence electrons. The highest BCUT2D eigenvalue weighted by atomic mass is 19.1. The summed E-state index contributed by atoms with van der Waals surface area (Å²) < 4.78 is 26.2. The predicted molar refractivity (Wildman–Crippen MR) is 66.3 cm³/mol. The Morgan fingerprint density at radius 1 is 0.778 bits per heavy atom. The van der Waals surface area contributed by atoms with Crippen molar-refractivity contribution in [2.45, 2.75) is 20.0 Å². The van der Waals surface area contributed by atoms with Crippen molar-refractivity contribution in [1.82, 2.24) is 0 Å². The third kappa shape index (κ3) is 2.74. The molecular formula is C15H14F2O. The molecule has 0 radical (unpaired) electrons. The summed E-state index contributed by atoms with van der Waals surface area (Å²) in [4.78, 5) is 0. The van der Waals surface area contributed by atoms with Crippen LogP contribution in [0, 0.1) is 25.5 Å². The van der Waals surface area contributed by atoms with Crippen molar-refractivity contribution < 1.29 is 13.9 Å². The van der Waals surface area contributed by atoms with E-state index in [1.165, 1.54) is 0 Å². The summed E-state index contributed by atoms with van der Waals surface area (Å²) in [6.45, 7) is 3.82. The molecule has 2 rings (SSSR count). The molecule has 18 heavy (non-hydrogen) atoms. The van der Waals surface area contributed by atoms with Gasteiger partial charge in [0, 0.05) is 6.07 Å². The minimum atomic E-state index is -1.02. The van der Waals surface area contributed by atoms with Gasteiger partial charge in [-0.25, -0.2) is 8.78 Å². The molecule has 0 saturated carbocycles. The van der Waals surface area contributed by atoms with Crippen LogP contribution in [0.3, 0.4) is 0 Å². The largest absolute Gasteiger partial charge is 0.384 e. The maximum absolute atomic E-state index is 13.1. The van der Waals surface area contributed by atoms with E-state index >= 15 is 0 Å². The molecule has 1 unspecified atom stereocenters. The zero-order chi connectivity index (χ0) is 13.3. The highest BCUT2D eigenvalue weighted by molar-refractivity contribution is 5.35. The number of aliphatic hydroxyl groups excluding tert-OH is 1. The van der Waals surface area contributed by atoms with Gasteiger partial charge in [-0.2, -0.15) is 0 Å². The zero-order valence-corrected chi connectivity index (χ0v) is 10.2. The zero-order valence-electron chi connectivity index (χ0n) is 10.2. The van der Waals surface area contributed by atoms with Gasteiger partial charge in [-0.3, -0.25) is 0 Å². The second-order valence-electron chi connectivity index (χ2n) is 4.53. The minimum Gasteiger partial charge on any atom is -0.384 e. The van der Waals surface area contributed by atoms with Gasteiger partial charge in [-0.1, -0.05) is 29.3 Å². The van der Waals surface area contributed by atoms with Crippen LogP contribution in [0.4, 0.5) is 8.78 Å². The van der Waals surface area contributed by atoms with Crippen molar-refractivity contribution in [3.63, 3.8) is 0 Å². The van der Waals surface area contributed by atoms with Crippen LogP contribution in [0.5, 0.6) is 0 Å². The van der Waals surface area contributed by atoms with Crippen molar-refractivity contribution in [3.05, 3.63) is 70.3 Å². The van der Waals surface area contributed by atoms with Crippen LogP contribution in [0.15, 0.2) is 36.4 Å².